The Morgan fingerprint density at radius 3 is 3.00 bits per heavy atom. The second kappa shape index (κ2) is 5.63. The quantitative estimate of drug-likeness (QED) is 0.833. The van der Waals surface area contributed by atoms with Crippen molar-refractivity contribution in [2.45, 2.75) is 52.2 Å². The molecule has 1 unspecified atom stereocenters. The van der Waals surface area contributed by atoms with Gasteiger partial charge in [-0.1, -0.05) is 6.92 Å². The SMILES string of the molecule is CCN1CCOC(Cn2c(C)nc3c2CCCC3)C1. The predicted octanol–water partition coefficient (Wildman–Crippen LogP) is 1.79. The molecule has 1 atom stereocenters. The third-order valence-corrected chi connectivity index (χ3v) is 4.48. The molecule has 1 aliphatic carbocycles. The molecule has 1 aromatic rings. The highest BCUT2D eigenvalue weighted by atomic mass is 16.5. The maximum Gasteiger partial charge on any atom is 0.106 e. The topological polar surface area (TPSA) is 30.3 Å². The van der Waals surface area contributed by atoms with Crippen molar-refractivity contribution in [2.24, 2.45) is 0 Å². The fourth-order valence-electron chi connectivity index (χ4n) is 3.36. The summed E-state index contributed by atoms with van der Waals surface area (Å²) in [6.45, 7) is 9.47. The van der Waals surface area contributed by atoms with Gasteiger partial charge in [-0.15, -0.1) is 0 Å². The minimum absolute atomic E-state index is 0.327. The number of ether oxygens (including phenoxy) is 1. The van der Waals surface area contributed by atoms with Gasteiger partial charge >= 0.3 is 0 Å². The number of fused-ring (bicyclic) bond motifs is 1. The first-order valence-electron chi connectivity index (χ1n) is 7.66. The van der Waals surface area contributed by atoms with Crippen molar-refractivity contribution >= 4 is 0 Å². The second-order valence-electron chi connectivity index (χ2n) is 5.76. The monoisotopic (exact) mass is 263 g/mol. The van der Waals surface area contributed by atoms with Crippen LogP contribution in [0.2, 0.25) is 0 Å². The molecule has 0 radical (unpaired) electrons. The van der Waals surface area contributed by atoms with E-state index >= 15 is 0 Å². The van der Waals surface area contributed by atoms with Crippen molar-refractivity contribution in [1.82, 2.24) is 14.5 Å². The number of nitrogens with zero attached hydrogens (tertiary/aromatic N) is 3. The average Bonchev–Trinajstić information content (AvgIpc) is 2.76. The van der Waals surface area contributed by atoms with Crippen LogP contribution in [0.4, 0.5) is 0 Å². The Labute approximate surface area is 115 Å². The van der Waals surface area contributed by atoms with Crippen molar-refractivity contribution in [3.63, 3.8) is 0 Å². The summed E-state index contributed by atoms with van der Waals surface area (Å²) in [4.78, 5) is 7.23. The van der Waals surface area contributed by atoms with Crippen molar-refractivity contribution in [1.29, 1.82) is 0 Å². The number of hydrogen-bond acceptors (Lipinski definition) is 3. The third-order valence-electron chi connectivity index (χ3n) is 4.48. The van der Waals surface area contributed by atoms with Gasteiger partial charge in [-0.2, -0.15) is 0 Å². The Morgan fingerprint density at radius 1 is 1.32 bits per heavy atom. The van der Waals surface area contributed by atoms with E-state index in [2.05, 4.69) is 23.3 Å². The molecular formula is C15H25N3O. The summed E-state index contributed by atoms with van der Waals surface area (Å²) in [7, 11) is 0. The van der Waals surface area contributed by atoms with Crippen LogP contribution in [-0.4, -0.2) is 46.8 Å². The average molecular weight is 263 g/mol. The van der Waals surface area contributed by atoms with Gasteiger partial charge in [0.25, 0.3) is 0 Å². The van der Waals surface area contributed by atoms with Gasteiger partial charge in [-0.3, -0.25) is 4.90 Å². The molecule has 1 aromatic heterocycles. The number of imidazole rings is 1. The van der Waals surface area contributed by atoms with E-state index in [1.807, 2.05) is 0 Å². The maximum atomic E-state index is 5.94. The van der Waals surface area contributed by atoms with Crippen molar-refractivity contribution in [3.8, 4) is 0 Å². The number of rotatable bonds is 3. The molecule has 106 valence electrons. The van der Waals surface area contributed by atoms with E-state index in [4.69, 9.17) is 9.72 Å². The Morgan fingerprint density at radius 2 is 2.16 bits per heavy atom. The van der Waals surface area contributed by atoms with Crippen LogP contribution in [0, 0.1) is 6.92 Å². The summed E-state index contributed by atoms with van der Waals surface area (Å²) in [5, 5.41) is 0. The number of hydrogen-bond donors (Lipinski definition) is 0. The van der Waals surface area contributed by atoms with Crippen LogP contribution in [0.25, 0.3) is 0 Å². The molecule has 2 aliphatic rings. The summed E-state index contributed by atoms with van der Waals surface area (Å²) in [5.74, 6) is 1.17. The van der Waals surface area contributed by atoms with E-state index in [0.29, 0.717) is 6.10 Å². The number of aryl methyl sites for hydroxylation is 2. The Kier molecular flexibility index (Phi) is 3.89. The number of aromatic nitrogens is 2. The summed E-state index contributed by atoms with van der Waals surface area (Å²) in [5.41, 5.74) is 2.81. The van der Waals surface area contributed by atoms with Gasteiger partial charge in [0.15, 0.2) is 0 Å². The van der Waals surface area contributed by atoms with Crippen LogP contribution in [0.1, 0.15) is 37.0 Å². The number of likely N-dealkylation sites (N-methyl/N-ethyl adjacent to an activating group) is 1. The zero-order valence-corrected chi connectivity index (χ0v) is 12.2. The summed E-state index contributed by atoms with van der Waals surface area (Å²) in [6.07, 6.45) is 5.29. The van der Waals surface area contributed by atoms with Crippen LogP contribution >= 0.6 is 0 Å². The largest absolute Gasteiger partial charge is 0.374 e. The Bertz CT molecular complexity index is 441. The van der Waals surface area contributed by atoms with Crippen LogP contribution in [0.5, 0.6) is 0 Å². The lowest BCUT2D eigenvalue weighted by atomic mass is 10.0. The van der Waals surface area contributed by atoms with E-state index in [9.17, 15) is 0 Å². The first-order chi connectivity index (χ1) is 9.28. The minimum Gasteiger partial charge on any atom is -0.374 e. The van der Waals surface area contributed by atoms with Crippen LogP contribution in [0.15, 0.2) is 0 Å². The molecule has 1 fully saturated rings. The van der Waals surface area contributed by atoms with Gasteiger partial charge in [-0.25, -0.2) is 4.98 Å². The molecule has 4 nitrogen and oxygen atoms in total. The van der Waals surface area contributed by atoms with Gasteiger partial charge < -0.3 is 9.30 Å². The highest BCUT2D eigenvalue weighted by Gasteiger charge is 2.24. The minimum atomic E-state index is 0.327. The normalized spacial score (nSPS) is 24.4. The van der Waals surface area contributed by atoms with Gasteiger partial charge in [0.1, 0.15) is 5.82 Å². The van der Waals surface area contributed by atoms with E-state index in [1.165, 1.54) is 36.5 Å². The van der Waals surface area contributed by atoms with Crippen LogP contribution < -0.4 is 0 Å². The molecule has 0 spiro atoms. The molecule has 2 heterocycles. The molecule has 19 heavy (non-hydrogen) atoms. The van der Waals surface area contributed by atoms with Crippen LogP contribution in [-0.2, 0) is 24.1 Å². The second-order valence-corrected chi connectivity index (χ2v) is 5.76. The van der Waals surface area contributed by atoms with Gasteiger partial charge in [0.05, 0.1) is 24.9 Å². The maximum absolute atomic E-state index is 5.94. The highest BCUT2D eigenvalue weighted by molar-refractivity contribution is 5.20. The first kappa shape index (κ1) is 13.1. The molecule has 0 aromatic carbocycles. The molecule has 0 bridgehead atoms. The lowest BCUT2D eigenvalue weighted by molar-refractivity contribution is -0.0348. The zero-order chi connectivity index (χ0) is 13.2. The molecule has 0 saturated carbocycles. The standard InChI is InChI=1S/C15H25N3O/c1-3-17-8-9-19-13(10-17)11-18-12(2)16-14-6-4-5-7-15(14)18/h13H,3-11H2,1-2H3. The van der Waals surface area contributed by atoms with Crippen LogP contribution in [0.3, 0.4) is 0 Å². The first-order valence-corrected chi connectivity index (χ1v) is 7.66. The highest BCUT2D eigenvalue weighted by Crippen LogP contribution is 2.23. The van der Waals surface area contributed by atoms with E-state index in [0.717, 1.165) is 39.2 Å². The lowest BCUT2D eigenvalue weighted by Gasteiger charge is -2.32. The Hall–Kier alpha value is -0.870. The molecule has 1 aliphatic heterocycles. The molecule has 0 amide bonds. The fraction of sp³-hybridized carbons (Fsp3) is 0.800. The van der Waals surface area contributed by atoms with Crippen molar-refractivity contribution < 1.29 is 4.74 Å². The van der Waals surface area contributed by atoms with Crippen molar-refractivity contribution in [2.75, 3.05) is 26.2 Å². The zero-order valence-electron chi connectivity index (χ0n) is 12.2. The predicted molar refractivity (Wildman–Crippen MR) is 75.5 cm³/mol. The smallest absolute Gasteiger partial charge is 0.106 e. The molecule has 1 saturated heterocycles. The molecule has 3 rings (SSSR count). The third kappa shape index (κ3) is 2.70. The lowest BCUT2D eigenvalue weighted by Crippen LogP contribution is -2.44. The number of morpholine rings is 1. The van der Waals surface area contributed by atoms with Gasteiger partial charge in [0.2, 0.25) is 0 Å². The van der Waals surface area contributed by atoms with Gasteiger partial charge in [-0.05, 0) is 39.2 Å². The fourth-order valence-corrected chi connectivity index (χ4v) is 3.36. The van der Waals surface area contributed by atoms with E-state index < -0.39 is 0 Å². The summed E-state index contributed by atoms with van der Waals surface area (Å²) < 4.78 is 8.35. The molecular weight excluding hydrogens is 238 g/mol. The Balaban J connectivity index is 1.74. The van der Waals surface area contributed by atoms with E-state index in [1.54, 1.807) is 0 Å². The summed E-state index contributed by atoms with van der Waals surface area (Å²) >= 11 is 0. The van der Waals surface area contributed by atoms with E-state index in [-0.39, 0.29) is 0 Å². The molecule has 4 heteroatoms. The summed E-state index contributed by atoms with van der Waals surface area (Å²) in [6, 6.07) is 0. The van der Waals surface area contributed by atoms with Gasteiger partial charge in [0, 0.05) is 18.8 Å². The van der Waals surface area contributed by atoms with Crippen molar-refractivity contribution in [3.05, 3.63) is 17.2 Å². The molecule has 0 N–H and O–H groups in total.